The van der Waals surface area contributed by atoms with Gasteiger partial charge in [-0.3, -0.25) is 4.79 Å². The predicted octanol–water partition coefficient (Wildman–Crippen LogP) is 1.22. The van der Waals surface area contributed by atoms with Crippen molar-refractivity contribution < 1.29 is 4.79 Å². The van der Waals surface area contributed by atoms with Crippen LogP contribution in [0, 0.1) is 11.8 Å². The van der Waals surface area contributed by atoms with Crippen molar-refractivity contribution in [2.45, 2.75) is 45.6 Å². The summed E-state index contributed by atoms with van der Waals surface area (Å²) in [7, 11) is 0. The minimum absolute atomic E-state index is 0.169. The van der Waals surface area contributed by atoms with Gasteiger partial charge < -0.3 is 15.5 Å². The Balaban J connectivity index is 1.54. The molecule has 1 aliphatic carbocycles. The van der Waals surface area contributed by atoms with E-state index in [2.05, 4.69) is 29.4 Å². The lowest BCUT2D eigenvalue weighted by Gasteiger charge is -2.33. The van der Waals surface area contributed by atoms with Crippen molar-refractivity contribution in [3.8, 4) is 0 Å². The van der Waals surface area contributed by atoms with Gasteiger partial charge in [-0.25, -0.2) is 0 Å². The van der Waals surface area contributed by atoms with Crippen molar-refractivity contribution in [3.63, 3.8) is 0 Å². The molecule has 2 N–H and O–H groups in total. The average Bonchev–Trinajstić information content (AvgIpc) is 3.15. The molecule has 0 aromatic carbocycles. The molecule has 1 aliphatic heterocycles. The quantitative estimate of drug-likeness (QED) is 0.729. The van der Waals surface area contributed by atoms with Gasteiger partial charge in [0, 0.05) is 25.7 Å². The predicted molar refractivity (Wildman–Crippen MR) is 78.0 cm³/mol. The van der Waals surface area contributed by atoms with Crippen molar-refractivity contribution >= 4 is 5.91 Å². The average molecular weight is 267 g/mol. The maximum Gasteiger partial charge on any atom is 0.234 e. The highest BCUT2D eigenvalue weighted by Crippen LogP contribution is 2.27. The summed E-state index contributed by atoms with van der Waals surface area (Å²) < 4.78 is 0. The first-order chi connectivity index (χ1) is 9.13. The lowest BCUT2D eigenvalue weighted by molar-refractivity contribution is -0.121. The Labute approximate surface area is 117 Å². The smallest absolute Gasteiger partial charge is 0.234 e. The number of nitrogens with one attached hydrogen (secondary N) is 2. The number of rotatable bonds is 7. The molecule has 4 heteroatoms. The molecular formula is C15H29N3O. The van der Waals surface area contributed by atoms with Crippen molar-refractivity contribution in [3.05, 3.63) is 0 Å². The lowest BCUT2D eigenvalue weighted by Crippen LogP contribution is -2.47. The van der Waals surface area contributed by atoms with Crippen molar-refractivity contribution in [1.29, 1.82) is 0 Å². The molecule has 0 atom stereocenters. The van der Waals surface area contributed by atoms with Crippen LogP contribution >= 0.6 is 0 Å². The molecule has 0 aromatic heterocycles. The summed E-state index contributed by atoms with van der Waals surface area (Å²) in [6, 6.07) is 0.388. The lowest BCUT2D eigenvalue weighted by atomic mass is 10.0. The van der Waals surface area contributed by atoms with E-state index in [1.807, 2.05) is 0 Å². The number of piperidine rings is 1. The van der Waals surface area contributed by atoms with Gasteiger partial charge in [0.15, 0.2) is 0 Å². The fraction of sp³-hybridized carbons (Fsp3) is 0.933. The van der Waals surface area contributed by atoms with E-state index < -0.39 is 0 Å². The first kappa shape index (κ1) is 14.8. The number of likely N-dealkylation sites (tertiary alicyclic amines) is 1. The summed E-state index contributed by atoms with van der Waals surface area (Å²) in [4.78, 5) is 14.3. The van der Waals surface area contributed by atoms with E-state index in [4.69, 9.17) is 0 Å². The Bertz CT molecular complexity index is 281. The molecule has 0 unspecified atom stereocenters. The topological polar surface area (TPSA) is 44.4 Å². The normalized spacial score (nSPS) is 21.8. The Morgan fingerprint density at radius 3 is 2.47 bits per heavy atom. The second-order valence-electron chi connectivity index (χ2n) is 6.61. The maximum atomic E-state index is 11.8. The van der Waals surface area contributed by atoms with E-state index in [0.717, 1.165) is 44.3 Å². The van der Waals surface area contributed by atoms with Gasteiger partial charge >= 0.3 is 0 Å². The van der Waals surface area contributed by atoms with Gasteiger partial charge in [-0.15, -0.1) is 0 Å². The van der Waals surface area contributed by atoms with E-state index >= 15 is 0 Å². The summed E-state index contributed by atoms with van der Waals surface area (Å²) in [5, 5.41) is 6.41. The number of nitrogens with zero attached hydrogens (tertiary/aromatic N) is 1. The van der Waals surface area contributed by atoms with E-state index in [9.17, 15) is 4.79 Å². The Morgan fingerprint density at radius 2 is 1.89 bits per heavy atom. The van der Waals surface area contributed by atoms with Crippen molar-refractivity contribution in [1.82, 2.24) is 15.5 Å². The minimum atomic E-state index is 0.169. The maximum absolute atomic E-state index is 11.8. The zero-order valence-corrected chi connectivity index (χ0v) is 12.5. The van der Waals surface area contributed by atoms with Gasteiger partial charge in [0.05, 0.1) is 6.54 Å². The molecule has 4 nitrogen and oxygen atoms in total. The molecule has 0 aromatic rings. The van der Waals surface area contributed by atoms with Gasteiger partial charge in [0.1, 0.15) is 0 Å². The van der Waals surface area contributed by atoms with Gasteiger partial charge in [-0.05, 0) is 44.1 Å². The molecule has 1 heterocycles. The largest absolute Gasteiger partial charge is 0.352 e. The van der Waals surface area contributed by atoms with Crippen LogP contribution in [0.3, 0.4) is 0 Å². The van der Waals surface area contributed by atoms with E-state index in [1.54, 1.807) is 0 Å². The van der Waals surface area contributed by atoms with Crippen LogP contribution in [0.4, 0.5) is 0 Å². The Hall–Kier alpha value is -0.610. The molecule has 1 saturated carbocycles. The zero-order chi connectivity index (χ0) is 13.7. The standard InChI is InChI=1S/C15H29N3O/c1-12(2)11-18-7-5-14(6-8-18)17-15(19)10-16-9-13-3-4-13/h12-14,16H,3-11H2,1-2H3,(H,17,19). The Kier molecular flexibility index (Phi) is 5.64. The molecule has 19 heavy (non-hydrogen) atoms. The first-order valence-electron chi connectivity index (χ1n) is 7.86. The van der Waals surface area contributed by atoms with Crippen LogP contribution in [0.5, 0.6) is 0 Å². The van der Waals surface area contributed by atoms with E-state index in [1.165, 1.54) is 19.4 Å². The van der Waals surface area contributed by atoms with Crippen molar-refractivity contribution in [2.24, 2.45) is 11.8 Å². The second kappa shape index (κ2) is 7.25. The van der Waals surface area contributed by atoms with Crippen LogP contribution in [0.2, 0.25) is 0 Å². The summed E-state index contributed by atoms with van der Waals surface area (Å²) >= 11 is 0. The third-order valence-electron chi connectivity index (χ3n) is 3.99. The molecule has 1 amide bonds. The van der Waals surface area contributed by atoms with Crippen LogP contribution in [-0.2, 0) is 4.79 Å². The van der Waals surface area contributed by atoms with Crippen LogP contribution in [-0.4, -0.2) is 49.6 Å². The molecule has 1 saturated heterocycles. The Morgan fingerprint density at radius 1 is 1.21 bits per heavy atom. The molecular weight excluding hydrogens is 238 g/mol. The number of carbonyl (C=O) groups excluding carboxylic acids is 1. The molecule has 0 bridgehead atoms. The fourth-order valence-corrected chi connectivity index (χ4v) is 2.77. The first-order valence-corrected chi connectivity index (χ1v) is 7.86. The highest BCUT2D eigenvalue weighted by atomic mass is 16.1. The summed E-state index contributed by atoms with van der Waals surface area (Å²) in [6.07, 6.45) is 4.87. The van der Waals surface area contributed by atoms with Crippen LogP contribution in [0.1, 0.15) is 39.5 Å². The van der Waals surface area contributed by atoms with Crippen LogP contribution in [0.25, 0.3) is 0 Å². The minimum Gasteiger partial charge on any atom is -0.352 e. The van der Waals surface area contributed by atoms with Crippen LogP contribution in [0.15, 0.2) is 0 Å². The molecule has 0 radical (unpaired) electrons. The van der Waals surface area contributed by atoms with Gasteiger partial charge in [-0.2, -0.15) is 0 Å². The molecule has 2 rings (SSSR count). The number of hydrogen-bond acceptors (Lipinski definition) is 3. The van der Waals surface area contributed by atoms with Gasteiger partial charge in [0.2, 0.25) is 5.91 Å². The van der Waals surface area contributed by atoms with E-state index in [-0.39, 0.29) is 5.91 Å². The van der Waals surface area contributed by atoms with Gasteiger partial charge in [-0.1, -0.05) is 13.8 Å². The second-order valence-corrected chi connectivity index (χ2v) is 6.61. The van der Waals surface area contributed by atoms with Crippen LogP contribution < -0.4 is 10.6 Å². The van der Waals surface area contributed by atoms with Gasteiger partial charge in [0.25, 0.3) is 0 Å². The number of hydrogen-bond donors (Lipinski definition) is 2. The molecule has 0 spiro atoms. The summed E-state index contributed by atoms with van der Waals surface area (Å²) in [6.45, 7) is 9.46. The SMILES string of the molecule is CC(C)CN1CCC(NC(=O)CNCC2CC2)CC1. The third-order valence-corrected chi connectivity index (χ3v) is 3.99. The monoisotopic (exact) mass is 267 g/mol. The zero-order valence-electron chi connectivity index (χ0n) is 12.5. The fourth-order valence-electron chi connectivity index (χ4n) is 2.77. The molecule has 2 aliphatic rings. The molecule has 110 valence electrons. The highest BCUT2D eigenvalue weighted by Gasteiger charge is 2.22. The summed E-state index contributed by atoms with van der Waals surface area (Å²) in [5.41, 5.74) is 0. The molecule has 2 fully saturated rings. The van der Waals surface area contributed by atoms with E-state index in [0.29, 0.717) is 12.6 Å². The number of amides is 1. The third kappa shape index (κ3) is 5.91. The number of carbonyl (C=O) groups is 1. The highest BCUT2D eigenvalue weighted by molar-refractivity contribution is 5.78. The summed E-state index contributed by atoms with van der Waals surface area (Å²) in [5.74, 6) is 1.74. The van der Waals surface area contributed by atoms with Crippen molar-refractivity contribution in [2.75, 3.05) is 32.7 Å².